The molecule has 2 aromatic rings. The Bertz CT molecular complexity index is 566. The second kappa shape index (κ2) is 6.13. The van der Waals surface area contributed by atoms with E-state index in [-0.39, 0.29) is 6.04 Å². The van der Waals surface area contributed by atoms with Gasteiger partial charge >= 0.3 is 6.18 Å². The Morgan fingerprint density at radius 2 is 1.80 bits per heavy atom. The average Bonchev–Trinajstić information content (AvgIpc) is 2.82. The first-order valence-electron chi connectivity index (χ1n) is 5.77. The second-order valence-electron chi connectivity index (χ2n) is 4.26. The number of hydrogen-bond acceptors (Lipinski definition) is 3. The van der Waals surface area contributed by atoms with Crippen molar-refractivity contribution in [1.29, 1.82) is 0 Å². The Labute approximate surface area is 123 Å². The van der Waals surface area contributed by atoms with Gasteiger partial charge in [-0.05, 0) is 36.2 Å². The smallest absolute Gasteiger partial charge is 0.271 e. The monoisotopic (exact) mass is 320 g/mol. The van der Waals surface area contributed by atoms with Gasteiger partial charge in [-0.2, -0.15) is 13.2 Å². The Hall–Kier alpha value is -1.08. The van der Waals surface area contributed by atoms with E-state index in [0.717, 1.165) is 22.6 Å². The summed E-state index contributed by atoms with van der Waals surface area (Å²) in [5.74, 6) is 5.49. The third-order valence-corrected chi connectivity index (χ3v) is 4.20. The van der Waals surface area contributed by atoms with Crippen molar-refractivity contribution in [2.75, 3.05) is 0 Å². The van der Waals surface area contributed by atoms with Crippen LogP contribution in [0.15, 0.2) is 36.4 Å². The molecule has 1 atom stereocenters. The lowest BCUT2D eigenvalue weighted by Gasteiger charge is -2.15. The van der Waals surface area contributed by atoms with Crippen LogP contribution in [0.1, 0.15) is 22.0 Å². The van der Waals surface area contributed by atoms with E-state index in [9.17, 15) is 13.2 Å². The van der Waals surface area contributed by atoms with E-state index in [4.69, 9.17) is 17.4 Å². The fraction of sp³-hybridized carbons (Fsp3) is 0.231. The molecule has 7 heteroatoms. The highest BCUT2D eigenvalue weighted by Gasteiger charge is 2.30. The molecular weight excluding hydrogens is 309 g/mol. The van der Waals surface area contributed by atoms with Crippen LogP contribution in [0, 0.1) is 0 Å². The van der Waals surface area contributed by atoms with Gasteiger partial charge in [0.25, 0.3) is 0 Å². The van der Waals surface area contributed by atoms with Crippen molar-refractivity contribution in [3.63, 3.8) is 0 Å². The summed E-state index contributed by atoms with van der Waals surface area (Å²) in [5.41, 5.74) is 2.77. The molecule has 2 nitrogen and oxygen atoms in total. The fourth-order valence-electron chi connectivity index (χ4n) is 1.82. The first kappa shape index (κ1) is 15.3. The molecule has 2 rings (SSSR count). The van der Waals surface area contributed by atoms with Crippen LogP contribution in [0.25, 0.3) is 0 Å². The van der Waals surface area contributed by atoms with E-state index in [1.54, 1.807) is 6.07 Å². The number of nitrogens with one attached hydrogen (secondary N) is 1. The van der Waals surface area contributed by atoms with Gasteiger partial charge < -0.3 is 0 Å². The number of halogens is 4. The lowest BCUT2D eigenvalue weighted by molar-refractivity contribution is -0.137. The molecule has 0 amide bonds. The van der Waals surface area contributed by atoms with Crippen molar-refractivity contribution in [2.24, 2.45) is 5.84 Å². The Balaban J connectivity index is 2.12. The van der Waals surface area contributed by atoms with Gasteiger partial charge in [0.2, 0.25) is 0 Å². The molecule has 0 aliphatic rings. The molecule has 3 N–H and O–H groups in total. The zero-order chi connectivity index (χ0) is 14.8. The predicted octanol–water partition coefficient (Wildman–Crippen LogP) is 4.17. The number of alkyl halides is 3. The van der Waals surface area contributed by atoms with E-state index >= 15 is 0 Å². The summed E-state index contributed by atoms with van der Waals surface area (Å²) in [6.07, 6.45) is -3.82. The number of hydrazine groups is 1. The Morgan fingerprint density at radius 1 is 1.15 bits per heavy atom. The van der Waals surface area contributed by atoms with Crippen LogP contribution in [-0.2, 0) is 12.6 Å². The summed E-state index contributed by atoms with van der Waals surface area (Å²) >= 11 is 7.25. The standard InChI is InChI=1S/C13H12ClF3N2S/c14-12-6-5-11(20-12)10(19-18)7-8-1-3-9(4-2-8)13(15,16)17/h1-6,10,19H,7,18H2. The fourth-order valence-corrected chi connectivity index (χ4v) is 2.94. The summed E-state index contributed by atoms with van der Waals surface area (Å²) in [5, 5.41) is 0. The van der Waals surface area contributed by atoms with E-state index in [2.05, 4.69) is 5.43 Å². The van der Waals surface area contributed by atoms with Crippen LogP contribution < -0.4 is 11.3 Å². The molecule has 0 saturated carbocycles. The van der Waals surface area contributed by atoms with E-state index in [0.29, 0.717) is 10.8 Å². The van der Waals surface area contributed by atoms with Gasteiger partial charge in [-0.1, -0.05) is 23.7 Å². The minimum Gasteiger partial charge on any atom is -0.271 e. The van der Waals surface area contributed by atoms with Crippen LogP contribution in [0.3, 0.4) is 0 Å². The number of nitrogens with two attached hydrogens (primary N) is 1. The lowest BCUT2D eigenvalue weighted by atomic mass is 10.0. The van der Waals surface area contributed by atoms with Gasteiger partial charge in [-0.25, -0.2) is 0 Å². The van der Waals surface area contributed by atoms with Gasteiger partial charge in [0.15, 0.2) is 0 Å². The van der Waals surface area contributed by atoms with Crippen LogP contribution in [0.5, 0.6) is 0 Å². The largest absolute Gasteiger partial charge is 0.416 e. The molecule has 1 unspecified atom stereocenters. The summed E-state index contributed by atoms with van der Waals surface area (Å²) in [6, 6.07) is 8.50. The average molecular weight is 321 g/mol. The van der Waals surface area contributed by atoms with E-state index in [1.165, 1.54) is 23.5 Å². The van der Waals surface area contributed by atoms with Crippen molar-refractivity contribution in [3.8, 4) is 0 Å². The maximum Gasteiger partial charge on any atom is 0.416 e. The Morgan fingerprint density at radius 3 is 2.25 bits per heavy atom. The quantitative estimate of drug-likeness (QED) is 0.655. The molecule has 0 saturated heterocycles. The molecule has 0 aliphatic heterocycles. The van der Waals surface area contributed by atoms with E-state index < -0.39 is 11.7 Å². The first-order chi connectivity index (χ1) is 9.40. The third kappa shape index (κ3) is 3.73. The highest BCUT2D eigenvalue weighted by Crippen LogP contribution is 2.31. The van der Waals surface area contributed by atoms with Crippen molar-refractivity contribution in [3.05, 3.63) is 56.7 Å². The topological polar surface area (TPSA) is 38.0 Å². The molecule has 20 heavy (non-hydrogen) atoms. The predicted molar refractivity (Wildman–Crippen MR) is 74.5 cm³/mol. The second-order valence-corrected chi connectivity index (χ2v) is 6.01. The molecular formula is C13H12ClF3N2S. The zero-order valence-corrected chi connectivity index (χ0v) is 11.8. The Kier molecular flexibility index (Phi) is 4.70. The van der Waals surface area contributed by atoms with Gasteiger partial charge in [0.05, 0.1) is 15.9 Å². The SMILES string of the molecule is NNC(Cc1ccc(C(F)(F)F)cc1)c1ccc(Cl)s1. The van der Waals surface area contributed by atoms with Crippen molar-refractivity contribution in [2.45, 2.75) is 18.6 Å². The number of thiophene rings is 1. The van der Waals surface area contributed by atoms with Crippen LogP contribution in [0.2, 0.25) is 4.34 Å². The molecule has 0 fully saturated rings. The minimum atomic E-state index is -4.31. The number of hydrogen-bond donors (Lipinski definition) is 2. The van der Waals surface area contributed by atoms with Crippen molar-refractivity contribution in [1.82, 2.24) is 5.43 Å². The molecule has 1 aromatic heterocycles. The maximum atomic E-state index is 12.5. The first-order valence-corrected chi connectivity index (χ1v) is 6.97. The van der Waals surface area contributed by atoms with Gasteiger partial charge in [-0.15, -0.1) is 11.3 Å². The van der Waals surface area contributed by atoms with Crippen LogP contribution in [0.4, 0.5) is 13.2 Å². The molecule has 108 valence electrons. The van der Waals surface area contributed by atoms with Crippen LogP contribution in [-0.4, -0.2) is 0 Å². The summed E-state index contributed by atoms with van der Waals surface area (Å²) < 4.78 is 38.1. The van der Waals surface area contributed by atoms with Crippen LogP contribution >= 0.6 is 22.9 Å². The van der Waals surface area contributed by atoms with Crippen molar-refractivity contribution < 1.29 is 13.2 Å². The molecule has 0 aliphatic carbocycles. The highest BCUT2D eigenvalue weighted by molar-refractivity contribution is 7.16. The third-order valence-electron chi connectivity index (χ3n) is 2.86. The van der Waals surface area contributed by atoms with Gasteiger partial charge in [0, 0.05) is 4.88 Å². The lowest BCUT2D eigenvalue weighted by Crippen LogP contribution is -2.28. The summed E-state index contributed by atoms with van der Waals surface area (Å²) in [6.45, 7) is 0. The van der Waals surface area contributed by atoms with E-state index in [1.807, 2.05) is 6.07 Å². The summed E-state index contributed by atoms with van der Waals surface area (Å²) in [4.78, 5) is 0.942. The number of benzene rings is 1. The maximum absolute atomic E-state index is 12.5. The highest BCUT2D eigenvalue weighted by atomic mass is 35.5. The molecule has 0 bridgehead atoms. The minimum absolute atomic E-state index is 0.177. The molecule has 1 heterocycles. The molecule has 1 aromatic carbocycles. The molecule has 0 radical (unpaired) electrons. The zero-order valence-electron chi connectivity index (χ0n) is 10.2. The summed E-state index contributed by atoms with van der Waals surface area (Å²) in [7, 11) is 0. The molecule has 0 spiro atoms. The van der Waals surface area contributed by atoms with Gasteiger partial charge in [0.1, 0.15) is 0 Å². The van der Waals surface area contributed by atoms with Crippen molar-refractivity contribution >= 4 is 22.9 Å². The number of rotatable bonds is 4. The normalized spacial score (nSPS) is 13.4. The van der Waals surface area contributed by atoms with Gasteiger partial charge in [-0.3, -0.25) is 11.3 Å².